The van der Waals surface area contributed by atoms with E-state index in [1.54, 1.807) is 0 Å². The molecule has 0 fully saturated rings. The lowest BCUT2D eigenvalue weighted by Gasteiger charge is -2.32. The Morgan fingerprint density at radius 3 is 2.79 bits per heavy atom. The van der Waals surface area contributed by atoms with Gasteiger partial charge in [0.1, 0.15) is 0 Å². The molecule has 1 amide bonds. The SMILES string of the molecule is CC(=O)N1CCc2c([nH]c3ccccc23)C1C(=O)O. The van der Waals surface area contributed by atoms with Crippen LogP contribution in [0.1, 0.15) is 24.2 Å². The Bertz CT molecular complexity index is 674. The minimum Gasteiger partial charge on any atom is -0.479 e. The van der Waals surface area contributed by atoms with Gasteiger partial charge in [0.25, 0.3) is 0 Å². The average Bonchev–Trinajstić information content (AvgIpc) is 2.75. The minimum atomic E-state index is -0.997. The number of aromatic amines is 1. The van der Waals surface area contributed by atoms with Crippen molar-refractivity contribution in [2.24, 2.45) is 0 Å². The molecular formula is C14H14N2O3. The maximum atomic E-state index is 11.6. The van der Waals surface area contributed by atoms with Gasteiger partial charge in [0.05, 0.1) is 5.69 Å². The summed E-state index contributed by atoms with van der Waals surface area (Å²) in [7, 11) is 0. The molecule has 0 saturated heterocycles. The highest BCUT2D eigenvalue weighted by molar-refractivity contribution is 5.90. The third kappa shape index (κ3) is 1.69. The molecule has 0 bridgehead atoms. The number of carboxylic acids is 1. The fourth-order valence-corrected chi connectivity index (χ4v) is 2.84. The van der Waals surface area contributed by atoms with E-state index in [0.29, 0.717) is 18.7 Å². The number of carboxylic acid groups (broad SMARTS) is 1. The summed E-state index contributed by atoms with van der Waals surface area (Å²) in [6.45, 7) is 1.85. The van der Waals surface area contributed by atoms with Crippen LogP contribution in [-0.2, 0) is 16.0 Å². The third-order valence-electron chi connectivity index (χ3n) is 3.67. The van der Waals surface area contributed by atoms with Gasteiger partial charge >= 0.3 is 5.97 Å². The van der Waals surface area contributed by atoms with Crippen molar-refractivity contribution in [1.82, 2.24) is 9.88 Å². The van der Waals surface area contributed by atoms with Crippen molar-refractivity contribution in [2.45, 2.75) is 19.4 Å². The summed E-state index contributed by atoms with van der Waals surface area (Å²) in [6, 6.07) is 6.83. The Kier molecular flexibility index (Phi) is 2.55. The van der Waals surface area contributed by atoms with Crippen LogP contribution in [0.25, 0.3) is 10.9 Å². The van der Waals surface area contributed by atoms with Crippen LogP contribution in [0.5, 0.6) is 0 Å². The molecule has 1 aliphatic heterocycles. The fraction of sp³-hybridized carbons (Fsp3) is 0.286. The molecule has 19 heavy (non-hydrogen) atoms. The lowest BCUT2D eigenvalue weighted by atomic mass is 9.97. The van der Waals surface area contributed by atoms with Gasteiger partial charge in [0, 0.05) is 24.4 Å². The predicted octanol–water partition coefficient (Wildman–Crippen LogP) is 1.70. The highest BCUT2D eigenvalue weighted by Gasteiger charge is 2.36. The average molecular weight is 258 g/mol. The molecule has 3 rings (SSSR count). The monoisotopic (exact) mass is 258 g/mol. The molecule has 1 unspecified atom stereocenters. The molecule has 0 saturated carbocycles. The van der Waals surface area contributed by atoms with Crippen LogP contribution in [-0.4, -0.2) is 33.4 Å². The molecule has 1 aromatic carbocycles. The standard InChI is InChI=1S/C14H14N2O3/c1-8(17)16-7-6-10-9-4-2-3-5-11(9)15-12(10)13(16)14(18)19/h2-5,13,15H,6-7H2,1H3,(H,18,19). The quantitative estimate of drug-likeness (QED) is 0.817. The third-order valence-corrected chi connectivity index (χ3v) is 3.67. The number of hydrogen-bond donors (Lipinski definition) is 2. The number of benzene rings is 1. The summed E-state index contributed by atoms with van der Waals surface area (Å²) < 4.78 is 0. The number of amides is 1. The van der Waals surface area contributed by atoms with Gasteiger partial charge in [-0.1, -0.05) is 18.2 Å². The van der Waals surface area contributed by atoms with Crippen LogP contribution in [0.2, 0.25) is 0 Å². The molecule has 5 nitrogen and oxygen atoms in total. The number of nitrogens with one attached hydrogen (secondary N) is 1. The second-order valence-corrected chi connectivity index (χ2v) is 4.77. The molecule has 5 heteroatoms. The van der Waals surface area contributed by atoms with Crippen molar-refractivity contribution in [3.63, 3.8) is 0 Å². The number of nitrogens with zero attached hydrogens (tertiary/aromatic N) is 1. The van der Waals surface area contributed by atoms with Crippen LogP contribution in [0, 0.1) is 0 Å². The molecule has 0 radical (unpaired) electrons. The number of carbonyl (C=O) groups excluding carboxylic acids is 1. The molecule has 2 heterocycles. The first-order valence-electron chi connectivity index (χ1n) is 6.19. The molecule has 2 aromatic rings. The Morgan fingerprint density at radius 1 is 1.37 bits per heavy atom. The molecule has 2 N–H and O–H groups in total. The van der Waals surface area contributed by atoms with Gasteiger partial charge in [-0.05, 0) is 18.1 Å². The van der Waals surface area contributed by atoms with E-state index in [9.17, 15) is 14.7 Å². The van der Waals surface area contributed by atoms with Gasteiger partial charge < -0.3 is 15.0 Å². The zero-order valence-corrected chi connectivity index (χ0v) is 10.5. The normalized spacial score (nSPS) is 18.4. The summed E-state index contributed by atoms with van der Waals surface area (Å²) in [5.41, 5.74) is 2.57. The second-order valence-electron chi connectivity index (χ2n) is 4.77. The Morgan fingerprint density at radius 2 is 2.11 bits per heavy atom. The molecule has 0 spiro atoms. The number of H-pyrrole nitrogens is 1. The van der Waals surface area contributed by atoms with Crippen molar-refractivity contribution in [2.75, 3.05) is 6.54 Å². The van der Waals surface area contributed by atoms with Crippen molar-refractivity contribution in [3.05, 3.63) is 35.5 Å². The van der Waals surface area contributed by atoms with Crippen LogP contribution < -0.4 is 0 Å². The van der Waals surface area contributed by atoms with Crippen LogP contribution in [0.4, 0.5) is 0 Å². The van der Waals surface area contributed by atoms with E-state index in [2.05, 4.69) is 4.98 Å². The first-order chi connectivity index (χ1) is 9.09. The minimum absolute atomic E-state index is 0.211. The first-order valence-corrected chi connectivity index (χ1v) is 6.19. The highest BCUT2D eigenvalue weighted by Crippen LogP contribution is 2.34. The summed E-state index contributed by atoms with van der Waals surface area (Å²) in [5.74, 6) is -1.21. The zero-order chi connectivity index (χ0) is 13.6. The van der Waals surface area contributed by atoms with Crippen molar-refractivity contribution in [1.29, 1.82) is 0 Å². The smallest absolute Gasteiger partial charge is 0.332 e. The topological polar surface area (TPSA) is 73.4 Å². The first kappa shape index (κ1) is 11.8. The number of carbonyl (C=O) groups is 2. The Labute approximate surface area is 109 Å². The molecule has 0 aliphatic carbocycles. The van der Waals surface area contributed by atoms with Crippen molar-refractivity contribution < 1.29 is 14.7 Å². The highest BCUT2D eigenvalue weighted by atomic mass is 16.4. The molecule has 98 valence electrons. The van der Waals surface area contributed by atoms with Crippen molar-refractivity contribution >= 4 is 22.8 Å². The van der Waals surface area contributed by atoms with Gasteiger partial charge in [0.15, 0.2) is 6.04 Å². The van der Waals surface area contributed by atoms with Crippen LogP contribution in [0.15, 0.2) is 24.3 Å². The van der Waals surface area contributed by atoms with E-state index in [-0.39, 0.29) is 5.91 Å². The second kappa shape index (κ2) is 4.12. The lowest BCUT2D eigenvalue weighted by molar-refractivity contribution is -0.150. The number of aromatic nitrogens is 1. The summed E-state index contributed by atoms with van der Waals surface area (Å²) >= 11 is 0. The summed E-state index contributed by atoms with van der Waals surface area (Å²) in [6.07, 6.45) is 0.683. The molecule has 1 aliphatic rings. The van der Waals surface area contributed by atoms with E-state index in [0.717, 1.165) is 16.5 Å². The molecule has 1 atom stereocenters. The Hall–Kier alpha value is -2.30. The Balaban J connectivity index is 2.21. The van der Waals surface area contributed by atoms with E-state index in [1.807, 2.05) is 24.3 Å². The number of para-hydroxylation sites is 1. The number of aliphatic carboxylic acids is 1. The van der Waals surface area contributed by atoms with Gasteiger partial charge in [-0.2, -0.15) is 0 Å². The van der Waals surface area contributed by atoms with Gasteiger partial charge in [-0.15, -0.1) is 0 Å². The number of rotatable bonds is 1. The van der Waals surface area contributed by atoms with Crippen LogP contribution in [0.3, 0.4) is 0 Å². The predicted molar refractivity (Wildman–Crippen MR) is 69.8 cm³/mol. The molecule has 1 aromatic heterocycles. The fourth-order valence-electron chi connectivity index (χ4n) is 2.84. The molecular weight excluding hydrogens is 244 g/mol. The van der Waals surface area contributed by atoms with E-state index in [4.69, 9.17) is 0 Å². The van der Waals surface area contributed by atoms with Crippen molar-refractivity contribution in [3.8, 4) is 0 Å². The van der Waals surface area contributed by atoms with Gasteiger partial charge in [-0.25, -0.2) is 4.79 Å². The van der Waals surface area contributed by atoms with Crippen LogP contribution >= 0.6 is 0 Å². The number of hydrogen-bond acceptors (Lipinski definition) is 2. The maximum Gasteiger partial charge on any atom is 0.332 e. The maximum absolute atomic E-state index is 11.6. The van der Waals surface area contributed by atoms with E-state index >= 15 is 0 Å². The van der Waals surface area contributed by atoms with E-state index < -0.39 is 12.0 Å². The number of fused-ring (bicyclic) bond motifs is 3. The summed E-state index contributed by atoms with van der Waals surface area (Å²) in [5, 5.41) is 10.5. The largest absolute Gasteiger partial charge is 0.479 e. The zero-order valence-electron chi connectivity index (χ0n) is 10.5. The van der Waals surface area contributed by atoms with E-state index in [1.165, 1.54) is 11.8 Å². The summed E-state index contributed by atoms with van der Waals surface area (Å²) in [4.78, 5) is 27.6. The lowest BCUT2D eigenvalue weighted by Crippen LogP contribution is -2.42. The van der Waals surface area contributed by atoms with Gasteiger partial charge in [-0.3, -0.25) is 4.79 Å². The van der Waals surface area contributed by atoms with Gasteiger partial charge in [0.2, 0.25) is 5.91 Å².